The van der Waals surface area contributed by atoms with E-state index in [9.17, 15) is 9.59 Å². The second kappa shape index (κ2) is 5.98. The van der Waals surface area contributed by atoms with Crippen LogP contribution in [0.5, 0.6) is 0 Å². The molecule has 0 radical (unpaired) electrons. The molecular weight excluding hydrogens is 364 g/mol. The molecule has 2 aliphatic heterocycles. The molecule has 0 saturated carbocycles. The van der Waals surface area contributed by atoms with Gasteiger partial charge in [0.1, 0.15) is 18.1 Å². The normalized spacial score (nSPS) is 17.2. The Morgan fingerprint density at radius 2 is 2.11 bits per heavy atom. The minimum atomic E-state index is -0.370. The van der Waals surface area contributed by atoms with Crippen molar-refractivity contribution in [3.05, 3.63) is 52.8 Å². The third-order valence-electron chi connectivity index (χ3n) is 4.47. The number of aromatic nitrogens is 4. The zero-order valence-corrected chi connectivity index (χ0v) is 14.5. The van der Waals surface area contributed by atoms with E-state index in [1.165, 1.54) is 0 Å². The molecule has 5 rings (SSSR count). The quantitative estimate of drug-likeness (QED) is 0.546. The van der Waals surface area contributed by atoms with E-state index in [0.29, 0.717) is 28.4 Å². The van der Waals surface area contributed by atoms with Crippen molar-refractivity contribution >= 4 is 29.6 Å². The summed E-state index contributed by atoms with van der Waals surface area (Å²) in [4.78, 5) is 24.2. The Hall–Kier alpha value is -4.08. The molecule has 0 saturated heterocycles. The molecule has 2 aliphatic rings. The molecule has 1 N–H and O–H groups in total. The number of anilines is 1. The molecule has 10 heteroatoms. The minimum absolute atomic E-state index is 0.0720. The van der Waals surface area contributed by atoms with Crippen LogP contribution < -0.4 is 5.01 Å². The third-order valence-corrected chi connectivity index (χ3v) is 4.47. The number of hydrogen-bond acceptors (Lipinski definition) is 8. The fourth-order valence-corrected chi connectivity index (χ4v) is 3.08. The largest absolute Gasteiger partial charge is 0.457 e. The first-order chi connectivity index (χ1) is 13.6. The number of amides is 1. The average molecular weight is 376 g/mol. The van der Waals surface area contributed by atoms with E-state index >= 15 is 0 Å². The first-order valence-corrected chi connectivity index (χ1v) is 8.35. The van der Waals surface area contributed by atoms with Crippen LogP contribution in [0.25, 0.3) is 17.4 Å². The van der Waals surface area contributed by atoms with Gasteiger partial charge in [0.05, 0.1) is 16.8 Å². The first kappa shape index (κ1) is 16.1. The van der Waals surface area contributed by atoms with Crippen LogP contribution in [0, 0.1) is 0 Å². The molecule has 0 spiro atoms. The Bertz CT molecular complexity index is 1170. The minimum Gasteiger partial charge on any atom is -0.457 e. The number of furan rings is 1. The van der Waals surface area contributed by atoms with E-state index in [1.54, 1.807) is 37.3 Å². The zero-order valence-electron chi connectivity index (χ0n) is 14.5. The number of ether oxygens (including phenoxy) is 1. The molecule has 0 atom stereocenters. The van der Waals surface area contributed by atoms with Gasteiger partial charge < -0.3 is 9.15 Å². The summed E-state index contributed by atoms with van der Waals surface area (Å²) < 4.78 is 10.9. The van der Waals surface area contributed by atoms with Crippen molar-refractivity contribution in [3.63, 3.8) is 0 Å². The molecule has 10 nitrogen and oxygen atoms in total. The van der Waals surface area contributed by atoms with Gasteiger partial charge in [-0.2, -0.15) is 15.3 Å². The number of fused-ring (bicyclic) bond motifs is 1. The molecule has 138 valence electrons. The standard InChI is InChI=1S/C18H12N6O4/c1-9-14(16(25)24(21-9)18-19-22-23-20-18)7-12-3-5-15(28-12)10-2-4-13-11(6-10)8-27-17(13)26/h2-7H,8H2,1H3,(H,19,20,22,23)/b14-7-. The van der Waals surface area contributed by atoms with Gasteiger partial charge in [0, 0.05) is 11.1 Å². The van der Waals surface area contributed by atoms with Crippen LogP contribution >= 0.6 is 0 Å². The number of aromatic amines is 1. The molecule has 1 amide bonds. The SMILES string of the molecule is CC1=NN(c2nn[nH]n2)C(=O)/C1=C\c1ccc(-c2ccc3c(c2)COC3=O)o1. The second-order valence-corrected chi connectivity index (χ2v) is 6.22. The molecule has 2 aromatic heterocycles. The highest BCUT2D eigenvalue weighted by atomic mass is 16.5. The maximum atomic E-state index is 12.6. The molecule has 0 unspecified atom stereocenters. The second-order valence-electron chi connectivity index (χ2n) is 6.22. The van der Waals surface area contributed by atoms with Gasteiger partial charge in [0.15, 0.2) is 0 Å². The topological polar surface area (TPSA) is 127 Å². The predicted octanol–water partition coefficient (Wildman–Crippen LogP) is 1.94. The van der Waals surface area contributed by atoms with Crippen molar-refractivity contribution in [3.8, 4) is 11.3 Å². The van der Waals surface area contributed by atoms with Gasteiger partial charge in [-0.25, -0.2) is 4.79 Å². The number of hydrazone groups is 1. The molecule has 28 heavy (non-hydrogen) atoms. The number of nitrogens with one attached hydrogen (secondary N) is 1. The number of H-pyrrole nitrogens is 1. The Labute approximate surface area is 157 Å². The lowest BCUT2D eigenvalue weighted by molar-refractivity contribution is -0.114. The third kappa shape index (κ3) is 2.50. The van der Waals surface area contributed by atoms with Crippen molar-refractivity contribution in [2.45, 2.75) is 13.5 Å². The molecule has 3 aromatic rings. The van der Waals surface area contributed by atoms with Gasteiger partial charge in [-0.15, -0.1) is 5.10 Å². The van der Waals surface area contributed by atoms with E-state index in [0.717, 1.165) is 16.1 Å². The number of tetrazole rings is 1. The maximum absolute atomic E-state index is 12.6. The number of benzene rings is 1. The number of rotatable bonds is 3. The number of carbonyl (C=O) groups excluding carboxylic acids is 2. The lowest BCUT2D eigenvalue weighted by Crippen LogP contribution is -2.22. The van der Waals surface area contributed by atoms with Gasteiger partial charge >= 0.3 is 5.97 Å². The number of nitrogens with zero attached hydrogens (tertiary/aromatic N) is 5. The van der Waals surface area contributed by atoms with Crippen molar-refractivity contribution < 1.29 is 18.7 Å². The lowest BCUT2D eigenvalue weighted by atomic mass is 10.0. The molecule has 0 bridgehead atoms. The highest BCUT2D eigenvalue weighted by molar-refractivity contribution is 6.31. The maximum Gasteiger partial charge on any atom is 0.338 e. The monoisotopic (exact) mass is 376 g/mol. The Balaban J connectivity index is 1.43. The smallest absolute Gasteiger partial charge is 0.338 e. The molecule has 0 fully saturated rings. The van der Waals surface area contributed by atoms with Gasteiger partial charge in [-0.1, -0.05) is 11.2 Å². The van der Waals surface area contributed by atoms with Crippen LogP contribution in [-0.4, -0.2) is 38.2 Å². The summed E-state index contributed by atoms with van der Waals surface area (Å²) >= 11 is 0. The summed E-state index contributed by atoms with van der Waals surface area (Å²) in [6.07, 6.45) is 1.62. The molecule has 4 heterocycles. The van der Waals surface area contributed by atoms with E-state index in [2.05, 4.69) is 25.7 Å². The Morgan fingerprint density at radius 3 is 2.93 bits per heavy atom. The zero-order chi connectivity index (χ0) is 19.3. The molecule has 1 aromatic carbocycles. The number of cyclic esters (lactones) is 1. The van der Waals surface area contributed by atoms with Gasteiger partial charge in [-0.3, -0.25) is 4.79 Å². The van der Waals surface area contributed by atoms with Gasteiger partial charge in [0.25, 0.3) is 11.9 Å². The summed E-state index contributed by atoms with van der Waals surface area (Å²) in [5.74, 6) is 0.500. The Kier molecular flexibility index (Phi) is 3.44. The van der Waals surface area contributed by atoms with Crippen molar-refractivity contribution in [2.75, 3.05) is 5.01 Å². The van der Waals surface area contributed by atoms with Crippen LogP contribution in [0.1, 0.15) is 28.6 Å². The molecular formula is C18H12N6O4. The lowest BCUT2D eigenvalue weighted by Gasteiger charge is -2.04. The van der Waals surface area contributed by atoms with Crippen LogP contribution in [0.3, 0.4) is 0 Å². The fraction of sp³-hybridized carbons (Fsp3) is 0.111. The van der Waals surface area contributed by atoms with E-state index in [-0.39, 0.29) is 24.4 Å². The van der Waals surface area contributed by atoms with Crippen LogP contribution in [-0.2, 0) is 16.1 Å². The summed E-state index contributed by atoms with van der Waals surface area (Å²) in [7, 11) is 0. The van der Waals surface area contributed by atoms with E-state index < -0.39 is 0 Å². The summed E-state index contributed by atoms with van der Waals surface area (Å²) in [5, 5.41) is 18.5. The van der Waals surface area contributed by atoms with Crippen LogP contribution in [0.4, 0.5) is 5.95 Å². The molecule has 0 aliphatic carbocycles. The number of esters is 1. The number of hydrogen-bond donors (Lipinski definition) is 1. The highest BCUT2D eigenvalue weighted by Crippen LogP contribution is 2.29. The summed E-state index contributed by atoms with van der Waals surface area (Å²) in [6, 6.07) is 8.94. The van der Waals surface area contributed by atoms with E-state index in [4.69, 9.17) is 9.15 Å². The highest BCUT2D eigenvalue weighted by Gasteiger charge is 2.31. The average Bonchev–Trinajstić information content (AvgIpc) is 3.47. The summed E-state index contributed by atoms with van der Waals surface area (Å²) in [5.41, 5.74) is 3.10. The van der Waals surface area contributed by atoms with Crippen LogP contribution in [0.2, 0.25) is 0 Å². The van der Waals surface area contributed by atoms with Crippen molar-refractivity contribution in [1.82, 2.24) is 20.6 Å². The van der Waals surface area contributed by atoms with Gasteiger partial charge in [0.2, 0.25) is 0 Å². The fourth-order valence-electron chi connectivity index (χ4n) is 3.08. The van der Waals surface area contributed by atoms with Crippen molar-refractivity contribution in [2.24, 2.45) is 5.10 Å². The number of carbonyl (C=O) groups is 2. The van der Waals surface area contributed by atoms with Crippen LogP contribution in [0.15, 0.2) is 45.4 Å². The summed E-state index contributed by atoms with van der Waals surface area (Å²) in [6.45, 7) is 1.97. The first-order valence-electron chi connectivity index (χ1n) is 8.35. The Morgan fingerprint density at radius 1 is 1.21 bits per heavy atom. The van der Waals surface area contributed by atoms with E-state index in [1.807, 2.05) is 6.07 Å². The van der Waals surface area contributed by atoms with Crippen molar-refractivity contribution in [1.29, 1.82) is 0 Å². The van der Waals surface area contributed by atoms with Gasteiger partial charge in [-0.05, 0) is 42.5 Å². The predicted molar refractivity (Wildman–Crippen MR) is 96.0 cm³/mol.